The molecule has 21 heavy (non-hydrogen) atoms. The van der Waals surface area contributed by atoms with Crippen LogP contribution in [0.4, 0.5) is 9.59 Å². The highest BCUT2D eigenvalue weighted by molar-refractivity contribution is 7.17. The van der Waals surface area contributed by atoms with Crippen molar-refractivity contribution in [3.05, 3.63) is 35.2 Å². The van der Waals surface area contributed by atoms with Gasteiger partial charge in [-0.3, -0.25) is 0 Å². The van der Waals surface area contributed by atoms with Crippen molar-refractivity contribution in [2.75, 3.05) is 19.6 Å². The van der Waals surface area contributed by atoms with E-state index in [1.54, 1.807) is 11.3 Å². The molecule has 2 aromatic rings. The van der Waals surface area contributed by atoms with Crippen LogP contribution >= 0.6 is 11.3 Å². The molecule has 0 saturated carbocycles. The molecular weight excluding hydrogens is 290 g/mol. The van der Waals surface area contributed by atoms with Crippen LogP contribution in [-0.4, -0.2) is 41.7 Å². The number of urea groups is 2. The summed E-state index contributed by atoms with van der Waals surface area (Å²) in [5.41, 5.74) is 0.793. The predicted octanol–water partition coefficient (Wildman–Crippen LogP) is 1.67. The van der Waals surface area contributed by atoms with E-state index in [0.29, 0.717) is 13.1 Å². The van der Waals surface area contributed by atoms with Crippen LogP contribution in [0.25, 0.3) is 10.1 Å². The first-order chi connectivity index (χ1) is 10.2. The fraction of sp³-hybridized carbons (Fsp3) is 0.286. The zero-order chi connectivity index (χ0) is 14.8. The minimum atomic E-state index is -0.796. The Bertz CT molecular complexity index is 685. The zero-order valence-corrected chi connectivity index (χ0v) is 12.0. The standard InChI is InChI=1S/C14H15N3O3S/c18-11(7-16-14(20)17-6-5-15-13(17)19)10-8-21-12-4-2-1-3-9(10)12/h1-4,8,11,18H,5-7H2,(H,15,19)(H,16,20)/t11-/m0/s1. The van der Waals surface area contributed by atoms with Crippen molar-refractivity contribution in [2.45, 2.75) is 6.10 Å². The van der Waals surface area contributed by atoms with E-state index >= 15 is 0 Å². The molecule has 0 unspecified atom stereocenters. The van der Waals surface area contributed by atoms with Crippen molar-refractivity contribution >= 4 is 33.5 Å². The van der Waals surface area contributed by atoms with Crippen molar-refractivity contribution in [2.24, 2.45) is 0 Å². The van der Waals surface area contributed by atoms with E-state index in [1.807, 2.05) is 29.6 Å². The van der Waals surface area contributed by atoms with Gasteiger partial charge in [0.25, 0.3) is 0 Å². The lowest BCUT2D eigenvalue weighted by Gasteiger charge is -2.16. The minimum absolute atomic E-state index is 0.0728. The Balaban J connectivity index is 1.65. The Morgan fingerprint density at radius 1 is 1.48 bits per heavy atom. The summed E-state index contributed by atoms with van der Waals surface area (Å²) in [6.07, 6.45) is -0.796. The summed E-state index contributed by atoms with van der Waals surface area (Å²) in [5, 5.41) is 18.3. The first-order valence-corrected chi connectivity index (χ1v) is 7.52. The molecule has 1 aromatic heterocycles. The van der Waals surface area contributed by atoms with Gasteiger partial charge >= 0.3 is 12.1 Å². The number of hydrogen-bond donors (Lipinski definition) is 3. The van der Waals surface area contributed by atoms with Crippen molar-refractivity contribution < 1.29 is 14.7 Å². The number of hydrogen-bond acceptors (Lipinski definition) is 4. The third-order valence-electron chi connectivity index (χ3n) is 3.42. The highest BCUT2D eigenvalue weighted by Gasteiger charge is 2.26. The van der Waals surface area contributed by atoms with Crippen LogP contribution in [0.1, 0.15) is 11.7 Å². The normalized spacial score (nSPS) is 16.0. The first kappa shape index (κ1) is 13.8. The maximum Gasteiger partial charge on any atom is 0.325 e. The maximum atomic E-state index is 11.8. The topological polar surface area (TPSA) is 81.7 Å². The number of thiophene rings is 1. The van der Waals surface area contributed by atoms with Crippen LogP contribution in [0.5, 0.6) is 0 Å². The summed E-state index contributed by atoms with van der Waals surface area (Å²) in [6.45, 7) is 0.884. The fourth-order valence-electron chi connectivity index (χ4n) is 2.31. The van der Waals surface area contributed by atoms with E-state index in [-0.39, 0.29) is 6.54 Å². The monoisotopic (exact) mass is 305 g/mol. The molecule has 2 heterocycles. The lowest BCUT2D eigenvalue weighted by molar-refractivity contribution is 0.166. The summed E-state index contributed by atoms with van der Waals surface area (Å²) < 4.78 is 1.09. The number of fused-ring (bicyclic) bond motifs is 1. The zero-order valence-electron chi connectivity index (χ0n) is 11.2. The van der Waals surface area contributed by atoms with Crippen molar-refractivity contribution in [1.82, 2.24) is 15.5 Å². The molecule has 4 amide bonds. The molecule has 0 bridgehead atoms. The summed E-state index contributed by atoms with van der Waals surface area (Å²) in [7, 11) is 0. The number of carbonyl (C=O) groups is 2. The smallest absolute Gasteiger partial charge is 0.325 e. The lowest BCUT2D eigenvalue weighted by atomic mass is 10.1. The molecule has 1 aliphatic rings. The van der Waals surface area contributed by atoms with Crippen LogP contribution < -0.4 is 10.6 Å². The average Bonchev–Trinajstić information content (AvgIpc) is 3.10. The highest BCUT2D eigenvalue weighted by Crippen LogP contribution is 2.29. The largest absolute Gasteiger partial charge is 0.387 e. The molecule has 110 valence electrons. The molecule has 1 atom stereocenters. The van der Waals surface area contributed by atoms with Crippen LogP contribution in [0.2, 0.25) is 0 Å². The molecule has 0 aliphatic carbocycles. The number of imide groups is 1. The number of nitrogens with zero attached hydrogens (tertiary/aromatic N) is 1. The molecule has 1 aliphatic heterocycles. The number of amides is 4. The lowest BCUT2D eigenvalue weighted by Crippen LogP contribution is -2.43. The van der Waals surface area contributed by atoms with Crippen LogP contribution in [0.15, 0.2) is 29.6 Å². The molecule has 3 rings (SSSR count). The molecule has 0 radical (unpaired) electrons. The van der Waals surface area contributed by atoms with E-state index in [0.717, 1.165) is 20.5 Å². The molecule has 3 N–H and O–H groups in total. The molecule has 1 fully saturated rings. The number of benzene rings is 1. The molecule has 1 aromatic carbocycles. The predicted molar refractivity (Wildman–Crippen MR) is 80.3 cm³/mol. The summed E-state index contributed by atoms with van der Waals surface area (Å²) in [4.78, 5) is 24.3. The molecule has 1 saturated heterocycles. The maximum absolute atomic E-state index is 11.8. The van der Waals surface area contributed by atoms with E-state index < -0.39 is 18.2 Å². The van der Waals surface area contributed by atoms with Gasteiger partial charge in [-0.15, -0.1) is 11.3 Å². The van der Waals surface area contributed by atoms with Gasteiger partial charge in [0.15, 0.2) is 0 Å². The summed E-state index contributed by atoms with van der Waals surface area (Å²) in [6, 6.07) is 6.91. The molecule has 7 heteroatoms. The highest BCUT2D eigenvalue weighted by atomic mass is 32.1. The van der Waals surface area contributed by atoms with E-state index in [9.17, 15) is 14.7 Å². The number of aliphatic hydroxyl groups is 1. The quantitative estimate of drug-likeness (QED) is 0.807. The van der Waals surface area contributed by atoms with Crippen molar-refractivity contribution in [1.29, 1.82) is 0 Å². The second-order valence-electron chi connectivity index (χ2n) is 4.77. The third-order valence-corrected chi connectivity index (χ3v) is 4.40. The first-order valence-electron chi connectivity index (χ1n) is 6.64. The van der Waals surface area contributed by atoms with Crippen LogP contribution in [0, 0.1) is 0 Å². The van der Waals surface area contributed by atoms with Crippen molar-refractivity contribution in [3.63, 3.8) is 0 Å². The summed E-state index contributed by atoms with van der Waals surface area (Å²) in [5.74, 6) is 0. The average molecular weight is 305 g/mol. The number of aliphatic hydroxyl groups excluding tert-OH is 1. The van der Waals surface area contributed by atoms with Gasteiger partial charge in [-0.25, -0.2) is 14.5 Å². The van der Waals surface area contributed by atoms with Crippen LogP contribution in [-0.2, 0) is 0 Å². The number of rotatable bonds is 3. The van der Waals surface area contributed by atoms with Gasteiger partial charge in [-0.05, 0) is 16.8 Å². The van der Waals surface area contributed by atoms with Gasteiger partial charge in [0, 0.05) is 29.9 Å². The van der Waals surface area contributed by atoms with Crippen LogP contribution in [0.3, 0.4) is 0 Å². The second-order valence-corrected chi connectivity index (χ2v) is 5.68. The molecular formula is C14H15N3O3S. The summed E-state index contributed by atoms with van der Waals surface area (Å²) >= 11 is 1.55. The van der Waals surface area contributed by atoms with Gasteiger partial charge in [-0.1, -0.05) is 18.2 Å². The van der Waals surface area contributed by atoms with Crippen molar-refractivity contribution in [3.8, 4) is 0 Å². The third kappa shape index (κ3) is 2.70. The minimum Gasteiger partial charge on any atom is -0.387 e. The molecule has 0 spiro atoms. The number of nitrogens with one attached hydrogen (secondary N) is 2. The van der Waals surface area contributed by atoms with Gasteiger partial charge < -0.3 is 15.7 Å². The fourth-order valence-corrected chi connectivity index (χ4v) is 3.32. The van der Waals surface area contributed by atoms with Gasteiger partial charge in [-0.2, -0.15) is 0 Å². The van der Waals surface area contributed by atoms with Gasteiger partial charge in [0.2, 0.25) is 0 Å². The van der Waals surface area contributed by atoms with E-state index in [4.69, 9.17) is 0 Å². The number of carbonyl (C=O) groups excluding carboxylic acids is 2. The Hall–Kier alpha value is -2.12. The SMILES string of the molecule is O=C1NCCN1C(=O)NC[C@H](O)c1csc2ccccc12. The van der Waals surface area contributed by atoms with Gasteiger partial charge in [0.1, 0.15) is 0 Å². The van der Waals surface area contributed by atoms with Gasteiger partial charge in [0.05, 0.1) is 6.10 Å². The Morgan fingerprint density at radius 3 is 3.05 bits per heavy atom. The Labute approximate surface area is 125 Å². The van der Waals surface area contributed by atoms with E-state index in [2.05, 4.69) is 10.6 Å². The molecule has 6 nitrogen and oxygen atoms in total. The van der Waals surface area contributed by atoms with E-state index in [1.165, 1.54) is 0 Å². The second kappa shape index (κ2) is 5.71. The Kier molecular flexibility index (Phi) is 3.76. The Morgan fingerprint density at radius 2 is 2.29 bits per heavy atom.